The van der Waals surface area contributed by atoms with E-state index >= 15 is 0 Å². The van der Waals surface area contributed by atoms with Crippen LogP contribution in [0.3, 0.4) is 0 Å². The number of carbonyl (C=O) groups excluding carboxylic acids is 1. The highest BCUT2D eigenvalue weighted by molar-refractivity contribution is 5.76. The van der Waals surface area contributed by atoms with Gasteiger partial charge in [-0.2, -0.15) is 0 Å². The van der Waals surface area contributed by atoms with Gasteiger partial charge in [-0.15, -0.1) is 0 Å². The number of hydrogen-bond acceptors (Lipinski definition) is 1. The molecular weight excluding hydrogens is 145 g/mol. The Hall–Kier alpha value is -0.600. The Morgan fingerprint density at radius 1 is 1.73 bits per heavy atom. The summed E-state index contributed by atoms with van der Waals surface area (Å²) in [7, 11) is 0. The molecule has 1 rings (SSSR count). The van der Waals surface area contributed by atoms with Crippen LogP contribution in [-0.2, 0) is 4.79 Å². The average molecular weight is 159 g/mol. The second-order valence-electron chi connectivity index (χ2n) is 2.98. The zero-order chi connectivity index (χ0) is 8.27. The first kappa shape index (κ1) is 8.50. The summed E-state index contributed by atoms with van der Waals surface area (Å²) >= 11 is 0. The Bertz CT molecular complexity index is 149. The van der Waals surface area contributed by atoms with Crippen molar-refractivity contribution >= 4 is 5.91 Å². The molecule has 2 nitrogen and oxygen atoms in total. The van der Waals surface area contributed by atoms with Gasteiger partial charge in [0.15, 0.2) is 0 Å². The first-order valence-corrected chi connectivity index (χ1v) is 4.16. The van der Waals surface area contributed by atoms with Crippen LogP contribution in [0.4, 0.5) is 4.39 Å². The Morgan fingerprint density at radius 2 is 2.45 bits per heavy atom. The van der Waals surface area contributed by atoms with Crippen molar-refractivity contribution in [2.75, 3.05) is 13.1 Å². The van der Waals surface area contributed by atoms with E-state index in [0.29, 0.717) is 25.9 Å². The summed E-state index contributed by atoms with van der Waals surface area (Å²) in [6.45, 7) is 2.89. The molecule has 0 spiro atoms. The quantitative estimate of drug-likeness (QED) is 0.595. The molecule has 0 saturated carbocycles. The lowest BCUT2D eigenvalue weighted by molar-refractivity contribution is -0.130. The lowest BCUT2D eigenvalue weighted by Gasteiger charge is -2.13. The van der Waals surface area contributed by atoms with Gasteiger partial charge < -0.3 is 4.90 Å². The minimum Gasteiger partial charge on any atom is -0.340 e. The topological polar surface area (TPSA) is 20.3 Å². The number of nitrogens with zero attached hydrogens (tertiary/aromatic N) is 1. The van der Waals surface area contributed by atoms with Crippen molar-refractivity contribution in [2.24, 2.45) is 0 Å². The Morgan fingerprint density at radius 3 is 2.91 bits per heavy atom. The second kappa shape index (κ2) is 3.69. The maximum Gasteiger partial charge on any atom is 0.222 e. The summed E-state index contributed by atoms with van der Waals surface area (Å²) in [5, 5.41) is 0. The predicted octanol–water partition coefficient (Wildman–Crippen LogP) is 1.36. The van der Waals surface area contributed by atoms with Gasteiger partial charge in [0.1, 0.15) is 6.17 Å². The SMILES string of the molecule is CCCC(=O)N1CCC(F)C1. The summed E-state index contributed by atoms with van der Waals surface area (Å²) in [5.74, 6) is 0.104. The molecule has 1 amide bonds. The molecule has 0 radical (unpaired) electrons. The van der Waals surface area contributed by atoms with Crippen molar-refractivity contribution in [3.63, 3.8) is 0 Å². The molecule has 1 aliphatic rings. The predicted molar refractivity (Wildman–Crippen MR) is 41.0 cm³/mol. The van der Waals surface area contributed by atoms with Gasteiger partial charge in [0.05, 0.1) is 6.54 Å². The van der Waals surface area contributed by atoms with Crippen LogP contribution < -0.4 is 0 Å². The number of rotatable bonds is 2. The van der Waals surface area contributed by atoms with Crippen LogP contribution in [0.15, 0.2) is 0 Å². The van der Waals surface area contributed by atoms with Crippen molar-refractivity contribution in [1.82, 2.24) is 4.90 Å². The number of hydrogen-bond donors (Lipinski definition) is 0. The van der Waals surface area contributed by atoms with Gasteiger partial charge in [-0.05, 0) is 12.8 Å². The van der Waals surface area contributed by atoms with E-state index in [4.69, 9.17) is 0 Å². The molecular formula is C8H14FNO. The zero-order valence-corrected chi connectivity index (χ0v) is 6.85. The molecule has 64 valence electrons. The first-order chi connectivity index (χ1) is 5.24. The van der Waals surface area contributed by atoms with Crippen LogP contribution >= 0.6 is 0 Å². The fourth-order valence-electron chi connectivity index (χ4n) is 1.32. The van der Waals surface area contributed by atoms with Crippen molar-refractivity contribution in [1.29, 1.82) is 0 Å². The highest BCUT2D eigenvalue weighted by Gasteiger charge is 2.24. The number of carbonyl (C=O) groups is 1. The van der Waals surface area contributed by atoms with Gasteiger partial charge in [-0.25, -0.2) is 4.39 Å². The number of alkyl halides is 1. The lowest BCUT2D eigenvalue weighted by Crippen LogP contribution is -2.28. The molecule has 0 bridgehead atoms. The average Bonchev–Trinajstić information content (AvgIpc) is 2.36. The molecule has 1 heterocycles. The smallest absolute Gasteiger partial charge is 0.222 e. The molecule has 1 unspecified atom stereocenters. The minimum absolute atomic E-state index is 0.104. The Kier molecular flexibility index (Phi) is 2.85. The van der Waals surface area contributed by atoms with Gasteiger partial charge in [0.25, 0.3) is 0 Å². The maximum atomic E-state index is 12.6. The van der Waals surface area contributed by atoms with Crippen molar-refractivity contribution in [2.45, 2.75) is 32.4 Å². The highest BCUT2D eigenvalue weighted by atomic mass is 19.1. The van der Waals surface area contributed by atoms with Crippen molar-refractivity contribution < 1.29 is 9.18 Å². The summed E-state index contributed by atoms with van der Waals surface area (Å²) in [6.07, 6.45) is 1.16. The van der Waals surface area contributed by atoms with Gasteiger partial charge in [0, 0.05) is 13.0 Å². The van der Waals surface area contributed by atoms with Crippen LogP contribution in [0, 0.1) is 0 Å². The van der Waals surface area contributed by atoms with Gasteiger partial charge in [0.2, 0.25) is 5.91 Å². The Labute approximate surface area is 66.4 Å². The molecule has 11 heavy (non-hydrogen) atoms. The van der Waals surface area contributed by atoms with E-state index in [1.807, 2.05) is 6.92 Å². The van der Waals surface area contributed by atoms with E-state index < -0.39 is 6.17 Å². The number of halogens is 1. The first-order valence-electron chi connectivity index (χ1n) is 4.16. The summed E-state index contributed by atoms with van der Waals surface area (Å²) in [4.78, 5) is 12.8. The van der Waals surface area contributed by atoms with Crippen molar-refractivity contribution in [3.05, 3.63) is 0 Å². The van der Waals surface area contributed by atoms with Crippen LogP contribution in [0.1, 0.15) is 26.2 Å². The van der Waals surface area contributed by atoms with Crippen LogP contribution in [0.5, 0.6) is 0 Å². The third-order valence-electron chi connectivity index (χ3n) is 1.95. The largest absolute Gasteiger partial charge is 0.340 e. The van der Waals surface area contributed by atoms with Crippen LogP contribution in [0.25, 0.3) is 0 Å². The molecule has 1 aliphatic heterocycles. The fourth-order valence-corrected chi connectivity index (χ4v) is 1.32. The monoisotopic (exact) mass is 159 g/mol. The minimum atomic E-state index is -0.782. The van der Waals surface area contributed by atoms with Gasteiger partial charge >= 0.3 is 0 Å². The number of amides is 1. The van der Waals surface area contributed by atoms with Crippen molar-refractivity contribution in [3.8, 4) is 0 Å². The summed E-state index contributed by atoms with van der Waals surface area (Å²) in [6, 6.07) is 0. The standard InChI is InChI=1S/C8H14FNO/c1-2-3-8(11)10-5-4-7(9)6-10/h7H,2-6H2,1H3. The maximum absolute atomic E-state index is 12.6. The molecule has 3 heteroatoms. The molecule has 0 aromatic rings. The van der Waals surface area contributed by atoms with E-state index in [9.17, 15) is 9.18 Å². The zero-order valence-electron chi connectivity index (χ0n) is 6.85. The third-order valence-corrected chi connectivity index (χ3v) is 1.95. The van der Waals surface area contributed by atoms with E-state index in [1.165, 1.54) is 0 Å². The highest BCUT2D eigenvalue weighted by Crippen LogP contribution is 2.13. The molecule has 0 N–H and O–H groups in total. The normalized spacial score (nSPS) is 24.2. The Balaban J connectivity index is 2.31. The van der Waals surface area contributed by atoms with E-state index in [1.54, 1.807) is 4.90 Å². The molecule has 0 aromatic carbocycles. The second-order valence-corrected chi connectivity index (χ2v) is 2.98. The van der Waals surface area contributed by atoms with Crippen LogP contribution in [0.2, 0.25) is 0 Å². The van der Waals surface area contributed by atoms with Gasteiger partial charge in [-0.3, -0.25) is 4.79 Å². The fraction of sp³-hybridized carbons (Fsp3) is 0.875. The van der Waals surface area contributed by atoms with Crippen LogP contribution in [-0.4, -0.2) is 30.1 Å². The molecule has 0 aromatic heterocycles. The molecule has 1 fully saturated rings. The summed E-state index contributed by atoms with van der Waals surface area (Å²) < 4.78 is 12.6. The molecule has 0 aliphatic carbocycles. The van der Waals surface area contributed by atoms with E-state index in [0.717, 1.165) is 6.42 Å². The van der Waals surface area contributed by atoms with E-state index in [-0.39, 0.29) is 5.91 Å². The van der Waals surface area contributed by atoms with Gasteiger partial charge in [-0.1, -0.05) is 6.92 Å². The summed E-state index contributed by atoms with van der Waals surface area (Å²) in [5.41, 5.74) is 0. The van der Waals surface area contributed by atoms with E-state index in [2.05, 4.69) is 0 Å². The number of likely N-dealkylation sites (tertiary alicyclic amines) is 1. The molecule has 1 atom stereocenters. The third kappa shape index (κ3) is 2.17. The molecule has 1 saturated heterocycles. The lowest BCUT2D eigenvalue weighted by atomic mass is 10.3.